The third-order valence-electron chi connectivity index (χ3n) is 2.69. The average Bonchev–Trinajstić information content (AvgIpc) is 2.93. The van der Waals surface area contributed by atoms with E-state index in [0.29, 0.717) is 5.82 Å². The predicted molar refractivity (Wildman–Crippen MR) is 79.8 cm³/mol. The fourth-order valence-corrected chi connectivity index (χ4v) is 2.13. The van der Waals surface area contributed by atoms with Gasteiger partial charge in [-0.15, -0.1) is 15.0 Å². The molecular formula is C13H10IN5. The minimum atomic E-state index is 0.524. The minimum Gasteiger partial charge on any atom is -0.253 e. The summed E-state index contributed by atoms with van der Waals surface area (Å²) in [6.07, 6.45) is 1.71. The highest BCUT2D eigenvalue weighted by molar-refractivity contribution is 14.1. The first kappa shape index (κ1) is 12.2. The largest absolute Gasteiger partial charge is 0.253 e. The van der Waals surface area contributed by atoms with Crippen LogP contribution in [0.2, 0.25) is 0 Å². The molecule has 0 atom stereocenters. The standard InChI is InChI=1S/C13H10IN5/c1-9-5-6-10(8-11(9)14)19-17-13(16-18-19)12-4-2-3-7-15-12/h2-8H,1H3. The molecule has 0 aliphatic heterocycles. The van der Waals surface area contributed by atoms with Gasteiger partial charge in [-0.05, 0) is 64.6 Å². The Morgan fingerprint density at radius 3 is 2.79 bits per heavy atom. The third kappa shape index (κ3) is 2.48. The summed E-state index contributed by atoms with van der Waals surface area (Å²) < 4.78 is 1.17. The molecular weight excluding hydrogens is 353 g/mol. The van der Waals surface area contributed by atoms with E-state index in [0.717, 1.165) is 11.4 Å². The SMILES string of the molecule is Cc1ccc(-n2nnc(-c3ccccn3)n2)cc1I. The van der Waals surface area contributed by atoms with Crippen LogP contribution in [0.15, 0.2) is 42.6 Å². The van der Waals surface area contributed by atoms with Gasteiger partial charge in [0.2, 0.25) is 5.82 Å². The van der Waals surface area contributed by atoms with E-state index in [1.54, 1.807) is 6.20 Å². The van der Waals surface area contributed by atoms with Crippen molar-refractivity contribution in [1.82, 2.24) is 25.2 Å². The van der Waals surface area contributed by atoms with Crippen molar-refractivity contribution >= 4 is 22.6 Å². The summed E-state index contributed by atoms with van der Waals surface area (Å²) in [7, 11) is 0. The van der Waals surface area contributed by atoms with Crippen molar-refractivity contribution in [2.75, 3.05) is 0 Å². The molecule has 0 spiro atoms. The van der Waals surface area contributed by atoms with E-state index >= 15 is 0 Å². The van der Waals surface area contributed by atoms with Gasteiger partial charge in [0.25, 0.3) is 0 Å². The highest BCUT2D eigenvalue weighted by atomic mass is 127. The Bertz CT molecular complexity index is 708. The van der Waals surface area contributed by atoms with Crippen LogP contribution >= 0.6 is 22.6 Å². The van der Waals surface area contributed by atoms with Gasteiger partial charge in [-0.2, -0.15) is 0 Å². The topological polar surface area (TPSA) is 56.5 Å². The third-order valence-corrected chi connectivity index (χ3v) is 3.86. The van der Waals surface area contributed by atoms with Gasteiger partial charge in [0.1, 0.15) is 5.69 Å². The van der Waals surface area contributed by atoms with Crippen molar-refractivity contribution in [2.45, 2.75) is 6.92 Å². The number of rotatable bonds is 2. The molecule has 94 valence electrons. The van der Waals surface area contributed by atoms with Gasteiger partial charge in [-0.25, -0.2) is 0 Å². The molecule has 0 amide bonds. The van der Waals surface area contributed by atoms with E-state index in [1.165, 1.54) is 13.9 Å². The molecule has 0 fully saturated rings. The zero-order valence-corrected chi connectivity index (χ0v) is 12.3. The van der Waals surface area contributed by atoms with Crippen molar-refractivity contribution < 1.29 is 0 Å². The van der Waals surface area contributed by atoms with Crippen LogP contribution in [-0.2, 0) is 0 Å². The lowest BCUT2D eigenvalue weighted by Crippen LogP contribution is -2.00. The van der Waals surface area contributed by atoms with Gasteiger partial charge in [-0.1, -0.05) is 12.1 Å². The summed E-state index contributed by atoms with van der Waals surface area (Å²) >= 11 is 2.29. The van der Waals surface area contributed by atoms with E-state index in [1.807, 2.05) is 36.4 Å². The Kier molecular flexibility index (Phi) is 3.24. The molecule has 0 aliphatic rings. The number of pyridine rings is 1. The van der Waals surface area contributed by atoms with Crippen molar-refractivity contribution in [3.8, 4) is 17.2 Å². The van der Waals surface area contributed by atoms with Crippen LogP contribution in [0.3, 0.4) is 0 Å². The van der Waals surface area contributed by atoms with Gasteiger partial charge >= 0.3 is 0 Å². The number of hydrogen-bond donors (Lipinski definition) is 0. The zero-order valence-electron chi connectivity index (χ0n) is 10.2. The summed E-state index contributed by atoms with van der Waals surface area (Å²) in [5, 5.41) is 12.4. The van der Waals surface area contributed by atoms with E-state index in [-0.39, 0.29) is 0 Å². The lowest BCUT2D eigenvalue weighted by molar-refractivity contribution is 0.719. The molecule has 0 saturated heterocycles. The van der Waals surface area contributed by atoms with Gasteiger partial charge in [0, 0.05) is 9.77 Å². The zero-order chi connectivity index (χ0) is 13.2. The highest BCUT2D eigenvalue weighted by Gasteiger charge is 2.08. The van der Waals surface area contributed by atoms with Crippen LogP contribution in [0, 0.1) is 10.5 Å². The van der Waals surface area contributed by atoms with Crippen LogP contribution in [0.25, 0.3) is 17.2 Å². The van der Waals surface area contributed by atoms with Gasteiger partial charge in [0.15, 0.2) is 0 Å². The molecule has 0 aliphatic carbocycles. The Hall–Kier alpha value is -1.83. The quantitative estimate of drug-likeness (QED) is 0.657. The second-order valence-electron chi connectivity index (χ2n) is 4.05. The number of halogens is 1. The van der Waals surface area contributed by atoms with E-state index in [9.17, 15) is 0 Å². The summed E-state index contributed by atoms with van der Waals surface area (Å²) in [5.74, 6) is 0.524. The fourth-order valence-electron chi connectivity index (χ4n) is 1.63. The number of benzene rings is 1. The molecule has 1 aromatic carbocycles. The van der Waals surface area contributed by atoms with Crippen molar-refractivity contribution in [3.63, 3.8) is 0 Å². The number of nitrogens with zero attached hydrogens (tertiary/aromatic N) is 5. The fraction of sp³-hybridized carbons (Fsp3) is 0.0769. The molecule has 3 aromatic rings. The maximum absolute atomic E-state index is 4.35. The number of tetrazole rings is 1. The smallest absolute Gasteiger partial charge is 0.223 e. The molecule has 6 heteroatoms. The highest BCUT2D eigenvalue weighted by Crippen LogP contribution is 2.16. The molecule has 2 aromatic heterocycles. The lowest BCUT2D eigenvalue weighted by Gasteiger charge is -2.01. The molecule has 3 rings (SSSR count). The van der Waals surface area contributed by atoms with E-state index < -0.39 is 0 Å². The number of aromatic nitrogens is 5. The Balaban J connectivity index is 1.99. The van der Waals surface area contributed by atoms with Crippen molar-refractivity contribution in [1.29, 1.82) is 0 Å². The summed E-state index contributed by atoms with van der Waals surface area (Å²) in [5.41, 5.74) is 2.84. The Morgan fingerprint density at radius 1 is 1.16 bits per heavy atom. The Morgan fingerprint density at radius 2 is 2.05 bits per heavy atom. The van der Waals surface area contributed by atoms with Crippen LogP contribution < -0.4 is 0 Å². The lowest BCUT2D eigenvalue weighted by atomic mass is 10.2. The molecule has 0 radical (unpaired) electrons. The molecule has 5 nitrogen and oxygen atoms in total. The van der Waals surface area contributed by atoms with Crippen molar-refractivity contribution in [2.24, 2.45) is 0 Å². The molecule has 0 saturated carbocycles. The first-order valence-electron chi connectivity index (χ1n) is 5.72. The van der Waals surface area contributed by atoms with E-state index in [4.69, 9.17) is 0 Å². The van der Waals surface area contributed by atoms with Crippen LogP contribution in [0.4, 0.5) is 0 Å². The molecule has 0 unspecified atom stereocenters. The summed E-state index contributed by atoms with van der Waals surface area (Å²) in [4.78, 5) is 5.73. The predicted octanol–water partition coefficient (Wildman–Crippen LogP) is 2.64. The number of aryl methyl sites for hydroxylation is 1. The molecule has 2 heterocycles. The minimum absolute atomic E-state index is 0.524. The van der Waals surface area contributed by atoms with E-state index in [2.05, 4.69) is 49.9 Å². The maximum atomic E-state index is 4.35. The first-order valence-corrected chi connectivity index (χ1v) is 6.80. The second kappa shape index (κ2) is 5.04. The summed E-state index contributed by atoms with van der Waals surface area (Å²) in [6.45, 7) is 2.07. The van der Waals surface area contributed by atoms with Gasteiger partial charge < -0.3 is 0 Å². The number of hydrogen-bond acceptors (Lipinski definition) is 4. The second-order valence-corrected chi connectivity index (χ2v) is 5.21. The average molecular weight is 363 g/mol. The van der Waals surface area contributed by atoms with Crippen LogP contribution in [0.5, 0.6) is 0 Å². The molecule has 0 N–H and O–H groups in total. The Labute approximate surface area is 123 Å². The maximum Gasteiger partial charge on any atom is 0.223 e. The normalized spacial score (nSPS) is 10.6. The first-order chi connectivity index (χ1) is 9.24. The van der Waals surface area contributed by atoms with Crippen LogP contribution in [0.1, 0.15) is 5.56 Å². The summed E-state index contributed by atoms with van der Waals surface area (Å²) in [6, 6.07) is 11.7. The van der Waals surface area contributed by atoms with Gasteiger partial charge in [-0.3, -0.25) is 4.98 Å². The molecule has 19 heavy (non-hydrogen) atoms. The molecule has 0 bridgehead atoms. The van der Waals surface area contributed by atoms with Crippen molar-refractivity contribution in [3.05, 3.63) is 51.7 Å². The van der Waals surface area contributed by atoms with Gasteiger partial charge in [0.05, 0.1) is 5.69 Å². The monoisotopic (exact) mass is 363 g/mol. The van der Waals surface area contributed by atoms with Crippen LogP contribution in [-0.4, -0.2) is 25.2 Å².